The van der Waals surface area contributed by atoms with Gasteiger partial charge in [0.1, 0.15) is 5.82 Å². The summed E-state index contributed by atoms with van der Waals surface area (Å²) in [6.45, 7) is 3.29. The normalized spacial score (nSPS) is 14.4. The van der Waals surface area contributed by atoms with Gasteiger partial charge in [-0.25, -0.2) is 4.39 Å². The van der Waals surface area contributed by atoms with Crippen LogP contribution in [-0.2, 0) is 0 Å². The number of rotatable bonds is 2. The van der Waals surface area contributed by atoms with Gasteiger partial charge in [-0.1, -0.05) is 12.1 Å². The highest BCUT2D eigenvalue weighted by Gasteiger charge is 2.12. The molecule has 4 heteroatoms. The van der Waals surface area contributed by atoms with Crippen molar-refractivity contribution in [3.05, 3.63) is 35.1 Å². The van der Waals surface area contributed by atoms with Crippen molar-refractivity contribution in [2.24, 2.45) is 5.73 Å². The van der Waals surface area contributed by atoms with Crippen LogP contribution in [0.3, 0.4) is 0 Å². The van der Waals surface area contributed by atoms with Crippen molar-refractivity contribution in [1.29, 1.82) is 0 Å². The van der Waals surface area contributed by atoms with Gasteiger partial charge in [-0.3, -0.25) is 0 Å². The van der Waals surface area contributed by atoms with E-state index in [4.69, 9.17) is 5.73 Å². The van der Waals surface area contributed by atoms with E-state index in [1.807, 2.05) is 0 Å². The minimum Gasteiger partial charge on any atom is -0.391 e. The molecule has 0 unspecified atom stereocenters. The largest absolute Gasteiger partial charge is 0.391 e. The highest BCUT2D eigenvalue weighted by atomic mass is 35.5. The number of aliphatic hydroxyl groups excluding tert-OH is 1. The Morgan fingerprint density at radius 3 is 2.43 bits per heavy atom. The fourth-order valence-electron chi connectivity index (χ4n) is 1.15. The third-order valence-electron chi connectivity index (χ3n) is 2.09. The van der Waals surface area contributed by atoms with E-state index in [0.29, 0.717) is 5.56 Å². The van der Waals surface area contributed by atoms with Gasteiger partial charge in [0.2, 0.25) is 0 Å². The summed E-state index contributed by atoms with van der Waals surface area (Å²) in [5.41, 5.74) is 6.99. The van der Waals surface area contributed by atoms with E-state index in [1.165, 1.54) is 6.07 Å². The molecule has 1 aromatic carbocycles. The molecule has 1 aromatic rings. The molecule has 80 valence electrons. The second kappa shape index (κ2) is 5.29. The Hall–Kier alpha value is -0.640. The molecular formula is C10H15ClFNO. The molecule has 0 amide bonds. The Labute approximate surface area is 89.3 Å². The van der Waals surface area contributed by atoms with Crippen LogP contribution in [0.5, 0.6) is 0 Å². The Morgan fingerprint density at radius 1 is 1.43 bits per heavy atom. The van der Waals surface area contributed by atoms with Crippen LogP contribution in [0.15, 0.2) is 18.2 Å². The zero-order chi connectivity index (χ0) is 10.0. The van der Waals surface area contributed by atoms with Crippen molar-refractivity contribution in [2.75, 3.05) is 0 Å². The first-order valence-electron chi connectivity index (χ1n) is 4.22. The molecule has 0 aliphatic heterocycles. The van der Waals surface area contributed by atoms with Crippen LogP contribution >= 0.6 is 12.4 Å². The van der Waals surface area contributed by atoms with Crippen LogP contribution in [0.2, 0.25) is 0 Å². The van der Waals surface area contributed by atoms with Gasteiger partial charge in [-0.05, 0) is 31.0 Å². The SMILES string of the molecule is Cc1cc([C@@H](N)[C@H](C)O)ccc1F.Cl. The van der Waals surface area contributed by atoms with Crippen molar-refractivity contribution in [2.45, 2.75) is 26.0 Å². The van der Waals surface area contributed by atoms with Crippen LogP contribution in [0, 0.1) is 12.7 Å². The maximum Gasteiger partial charge on any atom is 0.126 e. The molecule has 0 heterocycles. The molecule has 1 rings (SSSR count). The lowest BCUT2D eigenvalue weighted by atomic mass is 10.0. The third-order valence-corrected chi connectivity index (χ3v) is 2.09. The summed E-state index contributed by atoms with van der Waals surface area (Å²) < 4.78 is 12.9. The first-order valence-corrected chi connectivity index (χ1v) is 4.22. The predicted molar refractivity (Wildman–Crippen MR) is 57.0 cm³/mol. The van der Waals surface area contributed by atoms with Crippen molar-refractivity contribution in [1.82, 2.24) is 0 Å². The molecule has 0 aliphatic rings. The second-order valence-electron chi connectivity index (χ2n) is 3.28. The van der Waals surface area contributed by atoms with E-state index in [9.17, 15) is 9.50 Å². The monoisotopic (exact) mass is 219 g/mol. The van der Waals surface area contributed by atoms with Gasteiger partial charge in [0, 0.05) is 0 Å². The van der Waals surface area contributed by atoms with Gasteiger partial charge >= 0.3 is 0 Å². The second-order valence-corrected chi connectivity index (χ2v) is 3.28. The fourth-order valence-corrected chi connectivity index (χ4v) is 1.15. The van der Waals surface area contributed by atoms with Crippen molar-refractivity contribution in [3.63, 3.8) is 0 Å². The Morgan fingerprint density at radius 2 is 2.00 bits per heavy atom. The molecule has 0 aromatic heterocycles. The van der Waals surface area contributed by atoms with Gasteiger partial charge in [0.05, 0.1) is 12.1 Å². The molecule has 0 saturated heterocycles. The lowest BCUT2D eigenvalue weighted by Crippen LogP contribution is -2.23. The summed E-state index contributed by atoms with van der Waals surface area (Å²) in [5.74, 6) is -0.249. The number of hydrogen-bond acceptors (Lipinski definition) is 2. The molecule has 0 spiro atoms. The summed E-state index contributed by atoms with van der Waals surface area (Å²) in [7, 11) is 0. The van der Waals surface area contributed by atoms with Crippen molar-refractivity contribution in [3.8, 4) is 0 Å². The predicted octanol–water partition coefficient (Wildman–Crippen LogP) is 1.94. The highest BCUT2D eigenvalue weighted by molar-refractivity contribution is 5.85. The first-order chi connectivity index (χ1) is 6.02. The van der Waals surface area contributed by atoms with Crippen LogP contribution in [-0.4, -0.2) is 11.2 Å². The molecule has 0 radical (unpaired) electrons. The Kier molecular flexibility index (Phi) is 5.05. The standard InChI is InChI=1S/C10H14FNO.ClH/c1-6-5-8(3-4-9(6)11)10(12)7(2)13;/h3-5,7,10,13H,12H2,1-2H3;1H/t7-,10-;/m0./s1. The third kappa shape index (κ3) is 2.94. The Bertz CT molecular complexity index is 304. The lowest BCUT2D eigenvalue weighted by Gasteiger charge is -2.15. The van der Waals surface area contributed by atoms with E-state index >= 15 is 0 Å². The topological polar surface area (TPSA) is 46.2 Å². The molecule has 14 heavy (non-hydrogen) atoms. The number of halogens is 2. The molecule has 2 atom stereocenters. The van der Waals surface area contributed by atoms with Gasteiger partial charge in [-0.15, -0.1) is 12.4 Å². The van der Waals surface area contributed by atoms with E-state index < -0.39 is 12.1 Å². The van der Waals surface area contributed by atoms with Gasteiger partial charge in [0.25, 0.3) is 0 Å². The van der Waals surface area contributed by atoms with E-state index in [0.717, 1.165) is 5.56 Å². The van der Waals surface area contributed by atoms with Crippen LogP contribution < -0.4 is 5.73 Å². The summed E-state index contributed by atoms with van der Waals surface area (Å²) in [5, 5.41) is 9.22. The summed E-state index contributed by atoms with van der Waals surface area (Å²) in [4.78, 5) is 0. The van der Waals surface area contributed by atoms with Gasteiger partial charge in [-0.2, -0.15) is 0 Å². The van der Waals surface area contributed by atoms with Gasteiger partial charge in [0.15, 0.2) is 0 Å². The summed E-state index contributed by atoms with van der Waals surface area (Å²) >= 11 is 0. The molecule has 0 saturated carbocycles. The van der Waals surface area contributed by atoms with Crippen molar-refractivity contribution >= 4 is 12.4 Å². The fraction of sp³-hybridized carbons (Fsp3) is 0.400. The molecule has 0 bridgehead atoms. The first kappa shape index (κ1) is 13.4. The van der Waals surface area contributed by atoms with Gasteiger partial charge < -0.3 is 10.8 Å². The Balaban J connectivity index is 0.00000169. The van der Waals surface area contributed by atoms with E-state index in [1.54, 1.807) is 26.0 Å². The molecule has 0 aliphatic carbocycles. The van der Waals surface area contributed by atoms with E-state index in [2.05, 4.69) is 0 Å². The zero-order valence-electron chi connectivity index (χ0n) is 8.20. The molecule has 0 fully saturated rings. The number of hydrogen-bond donors (Lipinski definition) is 2. The lowest BCUT2D eigenvalue weighted by molar-refractivity contribution is 0.164. The molecular weight excluding hydrogens is 205 g/mol. The maximum atomic E-state index is 12.9. The number of aryl methyl sites for hydroxylation is 1. The van der Waals surface area contributed by atoms with Crippen molar-refractivity contribution < 1.29 is 9.50 Å². The smallest absolute Gasteiger partial charge is 0.126 e. The minimum atomic E-state index is -0.620. The average Bonchev–Trinajstić information content (AvgIpc) is 2.08. The molecule has 3 N–H and O–H groups in total. The van der Waals surface area contributed by atoms with E-state index in [-0.39, 0.29) is 18.2 Å². The quantitative estimate of drug-likeness (QED) is 0.799. The summed E-state index contributed by atoms with van der Waals surface area (Å²) in [6.07, 6.45) is -0.620. The van der Waals surface area contributed by atoms with Crippen LogP contribution in [0.1, 0.15) is 24.1 Å². The average molecular weight is 220 g/mol. The maximum absolute atomic E-state index is 12.9. The van der Waals surface area contributed by atoms with Crippen LogP contribution in [0.4, 0.5) is 4.39 Å². The number of aliphatic hydroxyl groups is 1. The molecule has 2 nitrogen and oxygen atoms in total. The highest BCUT2D eigenvalue weighted by Crippen LogP contribution is 2.17. The zero-order valence-corrected chi connectivity index (χ0v) is 9.01. The van der Waals surface area contributed by atoms with Crippen LogP contribution in [0.25, 0.3) is 0 Å². The number of nitrogens with two attached hydrogens (primary N) is 1. The minimum absolute atomic E-state index is 0. The summed E-state index contributed by atoms with van der Waals surface area (Å²) in [6, 6.07) is 4.18. The number of benzene rings is 1.